The molecule has 4 nitrogen and oxygen atoms in total. The summed E-state index contributed by atoms with van der Waals surface area (Å²) in [7, 11) is 0. The van der Waals surface area contributed by atoms with Crippen LogP contribution in [0.3, 0.4) is 0 Å². The van der Waals surface area contributed by atoms with Crippen molar-refractivity contribution in [3.05, 3.63) is 17.8 Å². The third-order valence-electron chi connectivity index (χ3n) is 3.62. The third-order valence-corrected chi connectivity index (χ3v) is 3.62. The highest BCUT2D eigenvalue weighted by Gasteiger charge is 2.42. The molecule has 1 heterocycles. The van der Waals surface area contributed by atoms with Gasteiger partial charge in [0, 0.05) is 5.92 Å². The second-order valence-electron chi connectivity index (χ2n) is 4.88. The Kier molecular flexibility index (Phi) is 4.35. The predicted molar refractivity (Wildman–Crippen MR) is 63.2 cm³/mol. The van der Waals surface area contributed by atoms with E-state index in [1.54, 1.807) is 6.92 Å². The van der Waals surface area contributed by atoms with Gasteiger partial charge in [0.2, 0.25) is 0 Å². The summed E-state index contributed by atoms with van der Waals surface area (Å²) in [6, 6.07) is 0. The average molecular weight is 291 g/mol. The van der Waals surface area contributed by atoms with Crippen LogP contribution in [-0.4, -0.2) is 23.7 Å². The van der Waals surface area contributed by atoms with Crippen molar-refractivity contribution >= 4 is 5.97 Å². The molecule has 1 aromatic rings. The first-order valence-corrected chi connectivity index (χ1v) is 6.60. The van der Waals surface area contributed by atoms with E-state index in [4.69, 9.17) is 9.15 Å². The number of alkyl halides is 3. The molecule has 1 saturated carbocycles. The Hall–Kier alpha value is -1.53. The first kappa shape index (κ1) is 14.9. The molecule has 2 rings (SSSR count). The summed E-state index contributed by atoms with van der Waals surface area (Å²) in [5, 5.41) is 0. The van der Waals surface area contributed by atoms with Crippen LogP contribution in [-0.2, 0) is 4.74 Å². The summed E-state index contributed by atoms with van der Waals surface area (Å²) in [6.45, 7) is 1.89. The van der Waals surface area contributed by atoms with Gasteiger partial charge in [0.05, 0.1) is 12.5 Å². The number of carbonyl (C=O) groups excluding carboxylic acids is 1. The zero-order valence-electron chi connectivity index (χ0n) is 11.1. The van der Waals surface area contributed by atoms with E-state index in [-0.39, 0.29) is 31.1 Å². The molecule has 0 atom stereocenters. The molecule has 0 saturated heterocycles. The molecule has 112 valence electrons. The molecule has 0 aromatic carbocycles. The number of rotatable bonds is 3. The van der Waals surface area contributed by atoms with Gasteiger partial charge in [-0.05, 0) is 32.6 Å². The Bertz CT molecular complexity index is 462. The fraction of sp³-hybridized carbons (Fsp3) is 0.692. The van der Waals surface area contributed by atoms with Crippen molar-refractivity contribution in [2.24, 2.45) is 5.92 Å². The van der Waals surface area contributed by atoms with Crippen molar-refractivity contribution in [2.75, 3.05) is 6.61 Å². The maximum absolute atomic E-state index is 12.6. The largest absolute Gasteiger partial charge is 0.461 e. The number of hydrogen-bond donors (Lipinski definition) is 0. The third kappa shape index (κ3) is 3.13. The Balaban J connectivity index is 2.04. The van der Waals surface area contributed by atoms with Crippen molar-refractivity contribution in [3.8, 4) is 0 Å². The lowest BCUT2D eigenvalue weighted by Gasteiger charge is -2.28. The highest BCUT2D eigenvalue weighted by molar-refractivity contribution is 5.88. The zero-order chi connectivity index (χ0) is 14.8. The van der Waals surface area contributed by atoms with Crippen LogP contribution in [0.4, 0.5) is 13.2 Å². The highest BCUT2D eigenvalue weighted by atomic mass is 19.4. The van der Waals surface area contributed by atoms with Crippen LogP contribution in [0.25, 0.3) is 0 Å². The molecule has 1 aliphatic carbocycles. The van der Waals surface area contributed by atoms with Crippen LogP contribution < -0.4 is 0 Å². The number of aromatic nitrogens is 1. The minimum Gasteiger partial charge on any atom is -0.461 e. The summed E-state index contributed by atoms with van der Waals surface area (Å²) in [6.07, 6.45) is -2.22. The maximum Gasteiger partial charge on any atom is 0.391 e. The quantitative estimate of drug-likeness (QED) is 0.797. The smallest absolute Gasteiger partial charge is 0.391 e. The minimum absolute atomic E-state index is 0.0527. The van der Waals surface area contributed by atoms with Gasteiger partial charge < -0.3 is 9.15 Å². The van der Waals surface area contributed by atoms with Crippen LogP contribution >= 0.6 is 0 Å². The number of carbonyl (C=O) groups is 1. The topological polar surface area (TPSA) is 52.3 Å². The van der Waals surface area contributed by atoms with E-state index in [0.29, 0.717) is 18.6 Å². The van der Waals surface area contributed by atoms with Gasteiger partial charge in [-0.25, -0.2) is 9.78 Å². The normalized spacial score (nSPS) is 23.6. The predicted octanol–water partition coefficient (Wildman–Crippen LogP) is 3.69. The maximum atomic E-state index is 12.6. The first-order valence-electron chi connectivity index (χ1n) is 6.60. The van der Waals surface area contributed by atoms with E-state index >= 15 is 0 Å². The standard InChI is InChI=1S/C13H16F3NO3/c1-2-19-12(18)10-11(20-7-17-10)8-3-5-9(6-4-8)13(14,15)16/h7-9H,2-6H2,1H3. The molecule has 1 aromatic heterocycles. The van der Waals surface area contributed by atoms with E-state index in [0.717, 1.165) is 6.39 Å². The first-order chi connectivity index (χ1) is 9.43. The zero-order valence-corrected chi connectivity index (χ0v) is 11.1. The monoisotopic (exact) mass is 291 g/mol. The van der Waals surface area contributed by atoms with Crippen molar-refractivity contribution in [1.29, 1.82) is 0 Å². The number of nitrogens with zero attached hydrogens (tertiary/aromatic N) is 1. The summed E-state index contributed by atoms with van der Waals surface area (Å²) in [5.41, 5.74) is 0.0855. The Labute approximate surface area is 114 Å². The number of halogens is 3. The Morgan fingerprint density at radius 3 is 2.60 bits per heavy atom. The van der Waals surface area contributed by atoms with E-state index in [1.165, 1.54) is 0 Å². The van der Waals surface area contributed by atoms with Gasteiger partial charge in [-0.2, -0.15) is 13.2 Å². The van der Waals surface area contributed by atoms with Gasteiger partial charge in [-0.15, -0.1) is 0 Å². The molecule has 7 heteroatoms. The molecule has 1 fully saturated rings. The average Bonchev–Trinajstić information content (AvgIpc) is 2.87. The van der Waals surface area contributed by atoms with Gasteiger partial charge >= 0.3 is 12.1 Å². The van der Waals surface area contributed by atoms with Crippen LogP contribution in [0.15, 0.2) is 10.8 Å². The molecular formula is C13H16F3NO3. The van der Waals surface area contributed by atoms with Gasteiger partial charge in [0.25, 0.3) is 0 Å². The molecular weight excluding hydrogens is 275 g/mol. The van der Waals surface area contributed by atoms with Crippen molar-refractivity contribution < 1.29 is 27.1 Å². The number of oxazole rings is 1. The van der Waals surface area contributed by atoms with E-state index < -0.39 is 18.1 Å². The molecule has 0 bridgehead atoms. The second kappa shape index (κ2) is 5.85. The fourth-order valence-electron chi connectivity index (χ4n) is 2.58. The summed E-state index contributed by atoms with van der Waals surface area (Å²) >= 11 is 0. The van der Waals surface area contributed by atoms with E-state index in [1.807, 2.05) is 0 Å². The van der Waals surface area contributed by atoms with Crippen molar-refractivity contribution in [2.45, 2.75) is 44.7 Å². The van der Waals surface area contributed by atoms with Gasteiger partial charge in [-0.3, -0.25) is 0 Å². The van der Waals surface area contributed by atoms with Crippen molar-refractivity contribution in [3.63, 3.8) is 0 Å². The molecule has 0 N–H and O–H groups in total. The summed E-state index contributed by atoms with van der Waals surface area (Å²) < 4.78 is 47.9. The van der Waals surface area contributed by atoms with Crippen LogP contribution in [0.5, 0.6) is 0 Å². The van der Waals surface area contributed by atoms with Crippen molar-refractivity contribution in [1.82, 2.24) is 4.98 Å². The van der Waals surface area contributed by atoms with Crippen LogP contribution in [0.2, 0.25) is 0 Å². The van der Waals surface area contributed by atoms with E-state index in [2.05, 4.69) is 4.98 Å². The lowest BCUT2D eigenvalue weighted by atomic mass is 9.80. The molecule has 1 aliphatic rings. The second-order valence-corrected chi connectivity index (χ2v) is 4.88. The number of esters is 1. The van der Waals surface area contributed by atoms with Gasteiger partial charge in [0.15, 0.2) is 12.1 Å². The summed E-state index contributed by atoms with van der Waals surface area (Å²) in [4.78, 5) is 15.5. The van der Waals surface area contributed by atoms with Crippen LogP contribution in [0, 0.1) is 5.92 Å². The molecule has 0 amide bonds. The lowest BCUT2D eigenvalue weighted by Crippen LogP contribution is -2.27. The molecule has 0 spiro atoms. The molecule has 0 radical (unpaired) electrons. The molecule has 0 unspecified atom stereocenters. The van der Waals surface area contributed by atoms with Gasteiger partial charge in [0.1, 0.15) is 5.76 Å². The summed E-state index contributed by atoms with van der Waals surface area (Å²) in [5.74, 6) is -1.69. The van der Waals surface area contributed by atoms with Gasteiger partial charge in [-0.1, -0.05) is 0 Å². The molecule has 0 aliphatic heterocycles. The molecule has 20 heavy (non-hydrogen) atoms. The lowest BCUT2D eigenvalue weighted by molar-refractivity contribution is -0.182. The highest BCUT2D eigenvalue weighted by Crippen LogP contribution is 2.43. The van der Waals surface area contributed by atoms with E-state index in [9.17, 15) is 18.0 Å². The van der Waals surface area contributed by atoms with Crippen LogP contribution in [0.1, 0.15) is 54.8 Å². The Morgan fingerprint density at radius 1 is 1.40 bits per heavy atom. The SMILES string of the molecule is CCOC(=O)c1ncoc1C1CCC(C(F)(F)F)CC1. The Morgan fingerprint density at radius 2 is 2.05 bits per heavy atom. The number of ether oxygens (including phenoxy) is 1. The number of hydrogen-bond acceptors (Lipinski definition) is 4. The fourth-order valence-corrected chi connectivity index (χ4v) is 2.58. The minimum atomic E-state index is -4.14.